The van der Waals surface area contributed by atoms with Crippen molar-refractivity contribution in [1.29, 1.82) is 0 Å². The predicted molar refractivity (Wildman–Crippen MR) is 103 cm³/mol. The van der Waals surface area contributed by atoms with Gasteiger partial charge in [0.25, 0.3) is 0 Å². The summed E-state index contributed by atoms with van der Waals surface area (Å²) >= 11 is 0. The van der Waals surface area contributed by atoms with Crippen LogP contribution >= 0.6 is 0 Å². The zero-order valence-electron chi connectivity index (χ0n) is 14.1. The number of nitrogens with one attached hydrogen (secondary N) is 1. The largest absolute Gasteiger partial charge is 0.357 e. The molecule has 0 aliphatic carbocycles. The molecule has 5 nitrogen and oxygen atoms in total. The minimum absolute atomic E-state index is 0.493. The molecule has 4 aromatic rings. The third kappa shape index (κ3) is 3.55. The molecule has 2 aromatic heterocycles. The van der Waals surface area contributed by atoms with Crippen LogP contribution in [-0.4, -0.2) is 26.1 Å². The lowest BCUT2D eigenvalue weighted by atomic mass is 10.2. The van der Waals surface area contributed by atoms with Gasteiger partial charge in [-0.15, -0.1) is 0 Å². The molecule has 0 aliphatic rings. The van der Waals surface area contributed by atoms with Gasteiger partial charge in [-0.3, -0.25) is 0 Å². The van der Waals surface area contributed by atoms with Crippen LogP contribution < -0.4 is 5.32 Å². The second kappa shape index (κ2) is 7.49. The Kier molecular flexibility index (Phi) is 4.57. The summed E-state index contributed by atoms with van der Waals surface area (Å²) in [6.07, 6.45) is 3.35. The summed E-state index contributed by atoms with van der Waals surface area (Å²) in [5, 5.41) is 3.23. The van der Waals surface area contributed by atoms with Gasteiger partial charge in [0, 0.05) is 5.56 Å². The standard InChI is InChI=1S/C21H17N5/c1-3-8-17(9-4-1)12-7-13-22-20-19-21(24-15-23-20)26(16-25-19)14-18-10-5-2-6-11-18/h1-6,8-11,15-16H,13-14H2,(H,22,23,24). The van der Waals surface area contributed by atoms with Crippen molar-refractivity contribution in [2.24, 2.45) is 0 Å². The van der Waals surface area contributed by atoms with Crippen molar-refractivity contribution in [2.45, 2.75) is 6.54 Å². The normalized spacial score (nSPS) is 10.3. The Balaban J connectivity index is 1.51. The topological polar surface area (TPSA) is 55.6 Å². The smallest absolute Gasteiger partial charge is 0.165 e. The molecule has 0 radical (unpaired) electrons. The van der Waals surface area contributed by atoms with Crippen molar-refractivity contribution in [3.05, 3.63) is 84.4 Å². The molecule has 0 amide bonds. The third-order valence-corrected chi connectivity index (χ3v) is 3.95. The van der Waals surface area contributed by atoms with Crippen LogP contribution in [0.15, 0.2) is 73.3 Å². The third-order valence-electron chi connectivity index (χ3n) is 3.95. The van der Waals surface area contributed by atoms with Gasteiger partial charge in [0.2, 0.25) is 0 Å². The summed E-state index contributed by atoms with van der Waals surface area (Å²) in [4.78, 5) is 13.2. The van der Waals surface area contributed by atoms with E-state index in [1.165, 1.54) is 5.56 Å². The lowest BCUT2D eigenvalue weighted by molar-refractivity contribution is 0.813. The van der Waals surface area contributed by atoms with E-state index in [1.807, 2.05) is 53.1 Å². The minimum atomic E-state index is 0.493. The highest BCUT2D eigenvalue weighted by Gasteiger charge is 2.09. The first kappa shape index (κ1) is 15.9. The van der Waals surface area contributed by atoms with Crippen molar-refractivity contribution in [2.75, 3.05) is 11.9 Å². The van der Waals surface area contributed by atoms with E-state index in [-0.39, 0.29) is 0 Å². The monoisotopic (exact) mass is 339 g/mol. The van der Waals surface area contributed by atoms with Crippen LogP contribution in [0.4, 0.5) is 5.82 Å². The van der Waals surface area contributed by atoms with E-state index in [1.54, 1.807) is 12.7 Å². The molecule has 0 bridgehead atoms. The molecule has 2 aromatic carbocycles. The molecule has 0 aliphatic heterocycles. The molecule has 0 fully saturated rings. The summed E-state index contributed by atoms with van der Waals surface area (Å²) in [6.45, 7) is 1.22. The number of hydrogen-bond acceptors (Lipinski definition) is 4. The fraction of sp³-hybridized carbons (Fsp3) is 0.0952. The Labute approximate surface area is 151 Å². The van der Waals surface area contributed by atoms with Crippen molar-refractivity contribution in [3.8, 4) is 11.8 Å². The molecule has 26 heavy (non-hydrogen) atoms. The van der Waals surface area contributed by atoms with Crippen LogP contribution in [0.1, 0.15) is 11.1 Å². The van der Waals surface area contributed by atoms with Crippen molar-refractivity contribution in [1.82, 2.24) is 19.5 Å². The van der Waals surface area contributed by atoms with Gasteiger partial charge in [-0.1, -0.05) is 60.4 Å². The Morgan fingerprint density at radius 1 is 0.885 bits per heavy atom. The Morgan fingerprint density at radius 2 is 1.65 bits per heavy atom. The first-order chi connectivity index (χ1) is 12.9. The van der Waals surface area contributed by atoms with E-state index in [0.717, 1.165) is 23.3 Å². The van der Waals surface area contributed by atoms with Crippen LogP contribution in [-0.2, 0) is 6.54 Å². The molecule has 0 saturated carbocycles. The summed E-state index contributed by atoms with van der Waals surface area (Å²) in [5.74, 6) is 6.92. The maximum atomic E-state index is 4.48. The summed E-state index contributed by atoms with van der Waals surface area (Å²) in [5.41, 5.74) is 3.76. The predicted octanol–water partition coefficient (Wildman–Crippen LogP) is 3.34. The maximum Gasteiger partial charge on any atom is 0.165 e. The van der Waals surface area contributed by atoms with Gasteiger partial charge in [-0.2, -0.15) is 0 Å². The van der Waals surface area contributed by atoms with Gasteiger partial charge in [-0.05, 0) is 17.7 Å². The number of benzene rings is 2. The molecule has 5 heteroatoms. The number of hydrogen-bond donors (Lipinski definition) is 1. The zero-order valence-corrected chi connectivity index (χ0v) is 14.1. The Hall–Kier alpha value is -3.65. The molecule has 0 atom stereocenters. The maximum absolute atomic E-state index is 4.48. The number of aromatic nitrogens is 4. The molecule has 0 saturated heterocycles. The van der Waals surface area contributed by atoms with Gasteiger partial charge in [0.1, 0.15) is 11.8 Å². The molecule has 0 spiro atoms. The minimum Gasteiger partial charge on any atom is -0.357 e. The summed E-state index contributed by atoms with van der Waals surface area (Å²) < 4.78 is 2.02. The van der Waals surface area contributed by atoms with E-state index in [0.29, 0.717) is 12.4 Å². The highest BCUT2D eigenvalue weighted by Crippen LogP contribution is 2.18. The highest BCUT2D eigenvalue weighted by atomic mass is 15.1. The van der Waals surface area contributed by atoms with Gasteiger partial charge < -0.3 is 9.88 Å². The Morgan fingerprint density at radius 3 is 2.46 bits per heavy atom. The van der Waals surface area contributed by atoms with Crippen molar-refractivity contribution >= 4 is 17.0 Å². The first-order valence-corrected chi connectivity index (χ1v) is 8.38. The van der Waals surface area contributed by atoms with E-state index < -0.39 is 0 Å². The Bertz CT molecular complexity index is 1060. The molecule has 126 valence electrons. The number of fused-ring (bicyclic) bond motifs is 1. The number of nitrogens with zero attached hydrogens (tertiary/aromatic N) is 4. The fourth-order valence-electron chi connectivity index (χ4n) is 2.70. The molecular weight excluding hydrogens is 322 g/mol. The first-order valence-electron chi connectivity index (χ1n) is 8.38. The van der Waals surface area contributed by atoms with E-state index >= 15 is 0 Å². The van der Waals surface area contributed by atoms with Crippen LogP contribution in [0.3, 0.4) is 0 Å². The lowest BCUT2D eigenvalue weighted by Gasteiger charge is -2.05. The second-order valence-electron chi connectivity index (χ2n) is 5.77. The van der Waals surface area contributed by atoms with Crippen LogP contribution in [0.25, 0.3) is 11.2 Å². The van der Waals surface area contributed by atoms with E-state index in [9.17, 15) is 0 Å². The quantitative estimate of drug-likeness (QED) is 0.580. The van der Waals surface area contributed by atoms with E-state index in [2.05, 4.69) is 44.2 Å². The van der Waals surface area contributed by atoms with Gasteiger partial charge in [0.15, 0.2) is 11.5 Å². The molecule has 0 unspecified atom stereocenters. The van der Waals surface area contributed by atoms with E-state index in [4.69, 9.17) is 0 Å². The van der Waals surface area contributed by atoms with Gasteiger partial charge in [0.05, 0.1) is 19.4 Å². The highest BCUT2D eigenvalue weighted by molar-refractivity contribution is 5.82. The zero-order chi connectivity index (χ0) is 17.6. The SMILES string of the molecule is C(#Cc1ccccc1)CNc1ncnc2c1ncn2Cc1ccccc1. The average molecular weight is 339 g/mol. The number of imidazole rings is 1. The molecular formula is C21H17N5. The molecule has 1 N–H and O–H groups in total. The summed E-state index contributed by atoms with van der Waals surface area (Å²) in [6, 6.07) is 20.2. The van der Waals surface area contributed by atoms with Crippen molar-refractivity contribution < 1.29 is 0 Å². The molecule has 2 heterocycles. The number of anilines is 1. The van der Waals surface area contributed by atoms with Crippen molar-refractivity contribution in [3.63, 3.8) is 0 Å². The second-order valence-corrected chi connectivity index (χ2v) is 5.77. The van der Waals surface area contributed by atoms with Gasteiger partial charge >= 0.3 is 0 Å². The summed E-state index contributed by atoms with van der Waals surface area (Å²) in [7, 11) is 0. The van der Waals surface area contributed by atoms with Crippen LogP contribution in [0, 0.1) is 11.8 Å². The fourth-order valence-corrected chi connectivity index (χ4v) is 2.70. The number of rotatable bonds is 4. The van der Waals surface area contributed by atoms with Gasteiger partial charge in [-0.25, -0.2) is 15.0 Å². The average Bonchev–Trinajstić information content (AvgIpc) is 3.10. The van der Waals surface area contributed by atoms with Crippen LogP contribution in [0.5, 0.6) is 0 Å². The van der Waals surface area contributed by atoms with Crippen LogP contribution in [0.2, 0.25) is 0 Å². The lowest BCUT2D eigenvalue weighted by Crippen LogP contribution is -2.04. The molecule has 4 rings (SSSR count).